The van der Waals surface area contributed by atoms with Gasteiger partial charge < -0.3 is 5.32 Å². The predicted molar refractivity (Wildman–Crippen MR) is 104 cm³/mol. The fraction of sp³-hybridized carbons (Fsp3) is 0.0952. The van der Waals surface area contributed by atoms with E-state index in [2.05, 4.69) is 10.4 Å². The summed E-state index contributed by atoms with van der Waals surface area (Å²) in [6.45, 7) is 4.00. The molecular weight excluding hydrogens is 322 g/mol. The molecule has 0 bridgehead atoms. The molecule has 0 saturated heterocycles. The van der Waals surface area contributed by atoms with Gasteiger partial charge >= 0.3 is 0 Å². The number of hydrogen-bond donors (Lipinski definition) is 1. The lowest BCUT2D eigenvalue weighted by Gasteiger charge is -2.11. The Hall–Kier alpha value is -3.47. The lowest BCUT2D eigenvalue weighted by atomic mass is 10.2. The maximum absolute atomic E-state index is 4.74. The van der Waals surface area contributed by atoms with Crippen LogP contribution in [0.25, 0.3) is 17.2 Å². The molecule has 2 aromatic carbocycles. The monoisotopic (exact) mass is 341 g/mol. The Bertz CT molecular complexity index is 1020. The molecule has 0 radical (unpaired) electrons. The van der Waals surface area contributed by atoms with Crippen molar-refractivity contribution in [3.05, 3.63) is 84.2 Å². The molecule has 4 aromatic rings. The molecule has 4 rings (SSSR count). The van der Waals surface area contributed by atoms with Crippen molar-refractivity contribution in [3.8, 4) is 17.2 Å². The van der Waals surface area contributed by atoms with Gasteiger partial charge in [-0.05, 0) is 32.0 Å². The number of nitrogens with zero attached hydrogens (tertiary/aromatic N) is 4. The summed E-state index contributed by atoms with van der Waals surface area (Å²) >= 11 is 0. The fourth-order valence-corrected chi connectivity index (χ4v) is 2.85. The first kappa shape index (κ1) is 16.0. The topological polar surface area (TPSA) is 55.6 Å². The first-order valence-electron chi connectivity index (χ1n) is 8.49. The van der Waals surface area contributed by atoms with Gasteiger partial charge in [0.05, 0.1) is 5.69 Å². The maximum atomic E-state index is 4.74. The van der Waals surface area contributed by atoms with Crippen LogP contribution in [0.15, 0.2) is 72.8 Å². The number of benzene rings is 2. The SMILES string of the molecule is Cc1cc(C)n(-c2cc(Nc3ccccc3)nc(-c3ccccc3)n2)n1. The summed E-state index contributed by atoms with van der Waals surface area (Å²) in [5.74, 6) is 2.13. The number of nitrogens with one attached hydrogen (secondary N) is 1. The number of aryl methyl sites for hydroxylation is 2. The van der Waals surface area contributed by atoms with Gasteiger partial charge in [0.2, 0.25) is 0 Å². The Morgan fingerprint density at radius 1 is 0.808 bits per heavy atom. The average molecular weight is 341 g/mol. The molecular formula is C21H19N5. The molecule has 0 saturated carbocycles. The molecule has 5 heteroatoms. The van der Waals surface area contributed by atoms with E-state index in [9.17, 15) is 0 Å². The van der Waals surface area contributed by atoms with Gasteiger partial charge in [-0.2, -0.15) is 5.10 Å². The quantitative estimate of drug-likeness (QED) is 0.585. The van der Waals surface area contributed by atoms with Crippen molar-refractivity contribution >= 4 is 11.5 Å². The Morgan fingerprint density at radius 3 is 2.15 bits per heavy atom. The predicted octanol–water partition coefficient (Wildman–Crippen LogP) is 4.69. The Morgan fingerprint density at radius 2 is 1.50 bits per heavy atom. The van der Waals surface area contributed by atoms with E-state index in [0.29, 0.717) is 5.82 Å². The molecule has 0 atom stereocenters. The van der Waals surface area contributed by atoms with Crippen LogP contribution in [0.5, 0.6) is 0 Å². The van der Waals surface area contributed by atoms with Crippen LogP contribution in [0.3, 0.4) is 0 Å². The minimum Gasteiger partial charge on any atom is -0.340 e. The summed E-state index contributed by atoms with van der Waals surface area (Å²) in [5, 5.41) is 7.92. The van der Waals surface area contributed by atoms with Crippen LogP contribution in [0.1, 0.15) is 11.4 Å². The van der Waals surface area contributed by atoms with Gasteiger partial charge in [-0.15, -0.1) is 0 Å². The van der Waals surface area contributed by atoms with Crippen LogP contribution in [0.2, 0.25) is 0 Å². The zero-order chi connectivity index (χ0) is 17.9. The standard InChI is InChI=1S/C21H19N5/c1-15-13-16(2)26(25-15)20-14-19(22-18-11-7-4-8-12-18)23-21(24-20)17-9-5-3-6-10-17/h3-14H,1-2H3,(H,22,23,24). The molecule has 2 heterocycles. The van der Waals surface area contributed by atoms with E-state index in [1.54, 1.807) is 0 Å². The number of para-hydroxylation sites is 1. The fourth-order valence-electron chi connectivity index (χ4n) is 2.85. The second-order valence-corrected chi connectivity index (χ2v) is 6.13. The normalized spacial score (nSPS) is 10.7. The Balaban J connectivity index is 1.83. The smallest absolute Gasteiger partial charge is 0.163 e. The van der Waals surface area contributed by atoms with Crippen LogP contribution in [-0.4, -0.2) is 19.7 Å². The first-order valence-corrected chi connectivity index (χ1v) is 8.49. The second kappa shape index (κ2) is 6.80. The van der Waals surface area contributed by atoms with Gasteiger partial charge in [-0.1, -0.05) is 48.5 Å². The molecule has 26 heavy (non-hydrogen) atoms. The summed E-state index contributed by atoms with van der Waals surface area (Å²) in [5.41, 5.74) is 3.93. The molecule has 0 amide bonds. The van der Waals surface area contributed by atoms with Crippen molar-refractivity contribution in [3.63, 3.8) is 0 Å². The molecule has 128 valence electrons. The Labute approximate surface area is 152 Å². The van der Waals surface area contributed by atoms with Gasteiger partial charge in [-0.3, -0.25) is 0 Å². The molecule has 0 fully saturated rings. The van der Waals surface area contributed by atoms with E-state index in [1.807, 2.05) is 91.3 Å². The summed E-state index contributed by atoms with van der Waals surface area (Å²) in [7, 11) is 0. The van der Waals surface area contributed by atoms with Gasteiger partial charge in [0.15, 0.2) is 11.6 Å². The third-order valence-electron chi connectivity index (χ3n) is 4.02. The van der Waals surface area contributed by atoms with Crippen molar-refractivity contribution in [2.45, 2.75) is 13.8 Å². The van der Waals surface area contributed by atoms with E-state index in [4.69, 9.17) is 9.97 Å². The van der Waals surface area contributed by atoms with E-state index < -0.39 is 0 Å². The summed E-state index contributed by atoms with van der Waals surface area (Å²) in [6.07, 6.45) is 0. The molecule has 0 aliphatic carbocycles. The summed E-state index contributed by atoms with van der Waals surface area (Å²) < 4.78 is 1.85. The number of aromatic nitrogens is 4. The van der Waals surface area contributed by atoms with Crippen LogP contribution in [0.4, 0.5) is 11.5 Å². The minimum absolute atomic E-state index is 0.661. The largest absolute Gasteiger partial charge is 0.340 e. The van der Waals surface area contributed by atoms with Crippen LogP contribution < -0.4 is 5.32 Å². The highest BCUT2D eigenvalue weighted by molar-refractivity contribution is 5.63. The molecule has 0 unspecified atom stereocenters. The van der Waals surface area contributed by atoms with Crippen molar-refractivity contribution in [1.29, 1.82) is 0 Å². The zero-order valence-corrected chi connectivity index (χ0v) is 14.7. The van der Waals surface area contributed by atoms with Crippen molar-refractivity contribution in [2.24, 2.45) is 0 Å². The maximum Gasteiger partial charge on any atom is 0.163 e. The first-order chi connectivity index (χ1) is 12.7. The van der Waals surface area contributed by atoms with Crippen molar-refractivity contribution < 1.29 is 0 Å². The highest BCUT2D eigenvalue weighted by Gasteiger charge is 2.11. The molecule has 2 aromatic heterocycles. The van der Waals surface area contributed by atoms with E-state index in [1.165, 1.54) is 0 Å². The lowest BCUT2D eigenvalue weighted by molar-refractivity contribution is 0.803. The zero-order valence-electron chi connectivity index (χ0n) is 14.7. The van der Waals surface area contributed by atoms with E-state index in [-0.39, 0.29) is 0 Å². The third-order valence-corrected chi connectivity index (χ3v) is 4.02. The van der Waals surface area contributed by atoms with E-state index >= 15 is 0 Å². The minimum atomic E-state index is 0.661. The van der Waals surface area contributed by atoms with Gasteiger partial charge in [0.25, 0.3) is 0 Å². The highest BCUT2D eigenvalue weighted by atomic mass is 15.3. The third kappa shape index (κ3) is 3.32. The molecule has 0 aliphatic rings. The van der Waals surface area contributed by atoms with Crippen LogP contribution >= 0.6 is 0 Å². The number of hydrogen-bond acceptors (Lipinski definition) is 4. The lowest BCUT2D eigenvalue weighted by Crippen LogP contribution is -2.06. The highest BCUT2D eigenvalue weighted by Crippen LogP contribution is 2.23. The Kier molecular flexibility index (Phi) is 4.19. The van der Waals surface area contributed by atoms with Gasteiger partial charge in [0.1, 0.15) is 5.82 Å². The molecule has 0 aliphatic heterocycles. The van der Waals surface area contributed by atoms with Crippen molar-refractivity contribution in [2.75, 3.05) is 5.32 Å². The van der Waals surface area contributed by atoms with Crippen LogP contribution in [0, 0.1) is 13.8 Å². The van der Waals surface area contributed by atoms with Crippen molar-refractivity contribution in [1.82, 2.24) is 19.7 Å². The number of rotatable bonds is 4. The van der Waals surface area contributed by atoms with Gasteiger partial charge in [-0.25, -0.2) is 14.6 Å². The average Bonchev–Trinajstić information content (AvgIpc) is 3.01. The summed E-state index contributed by atoms with van der Waals surface area (Å²) in [6, 6.07) is 23.9. The van der Waals surface area contributed by atoms with Gasteiger partial charge in [0, 0.05) is 23.0 Å². The number of anilines is 2. The molecule has 0 spiro atoms. The molecule has 5 nitrogen and oxygen atoms in total. The molecule has 1 N–H and O–H groups in total. The second-order valence-electron chi connectivity index (χ2n) is 6.13. The summed E-state index contributed by atoms with van der Waals surface area (Å²) in [4.78, 5) is 9.44. The van der Waals surface area contributed by atoms with E-state index in [0.717, 1.165) is 34.3 Å². The van der Waals surface area contributed by atoms with Crippen LogP contribution in [-0.2, 0) is 0 Å².